The second-order valence-corrected chi connectivity index (χ2v) is 6.89. The number of benzene rings is 2. The molecule has 1 fully saturated rings. The molecule has 1 saturated heterocycles. The smallest absolute Gasteiger partial charge is 0.255 e. The second kappa shape index (κ2) is 7.31. The van der Waals surface area contributed by atoms with Crippen LogP contribution in [-0.2, 0) is 0 Å². The lowest BCUT2D eigenvalue weighted by Crippen LogP contribution is -2.49. The van der Waals surface area contributed by atoms with Crippen molar-refractivity contribution in [2.75, 3.05) is 31.1 Å². The van der Waals surface area contributed by atoms with E-state index < -0.39 is 17.5 Å². The van der Waals surface area contributed by atoms with E-state index in [2.05, 4.69) is 4.98 Å². The van der Waals surface area contributed by atoms with E-state index in [1.807, 2.05) is 4.90 Å². The molecule has 28 heavy (non-hydrogen) atoms. The molecule has 144 valence electrons. The van der Waals surface area contributed by atoms with Crippen molar-refractivity contribution in [3.63, 3.8) is 0 Å². The van der Waals surface area contributed by atoms with Crippen LogP contribution in [0.3, 0.4) is 0 Å². The molecule has 4 rings (SSSR count). The molecule has 3 aromatic rings. The summed E-state index contributed by atoms with van der Waals surface area (Å²) in [6, 6.07) is 7.43. The van der Waals surface area contributed by atoms with Gasteiger partial charge in [-0.15, -0.1) is 0 Å². The first-order valence-corrected chi connectivity index (χ1v) is 9.05. The highest BCUT2D eigenvalue weighted by molar-refractivity contribution is 6.33. The summed E-state index contributed by atoms with van der Waals surface area (Å²) in [5.74, 6) is -1.93. The number of anilines is 1. The van der Waals surface area contributed by atoms with Gasteiger partial charge >= 0.3 is 0 Å². The zero-order chi connectivity index (χ0) is 19.8. The number of nitrogens with zero attached hydrogens (tertiary/aromatic N) is 3. The molecule has 2 heterocycles. The molecular weight excluding hydrogens is 391 g/mol. The monoisotopic (exact) mass is 405 g/mol. The molecule has 0 atom stereocenters. The van der Waals surface area contributed by atoms with Crippen molar-refractivity contribution in [1.82, 2.24) is 9.88 Å². The number of carbonyl (C=O) groups is 1. The van der Waals surface area contributed by atoms with Gasteiger partial charge < -0.3 is 9.80 Å². The van der Waals surface area contributed by atoms with Gasteiger partial charge in [-0.25, -0.2) is 13.2 Å². The van der Waals surface area contributed by atoms with Crippen molar-refractivity contribution >= 4 is 34.1 Å². The third-order valence-corrected chi connectivity index (χ3v) is 5.15. The zero-order valence-electron chi connectivity index (χ0n) is 14.6. The van der Waals surface area contributed by atoms with Crippen LogP contribution in [0, 0.1) is 17.5 Å². The van der Waals surface area contributed by atoms with Gasteiger partial charge in [0.25, 0.3) is 5.91 Å². The van der Waals surface area contributed by atoms with Gasteiger partial charge in [0.15, 0.2) is 0 Å². The molecule has 0 spiro atoms. The molecule has 1 aliphatic rings. The number of aromatic nitrogens is 1. The second-order valence-electron chi connectivity index (χ2n) is 6.49. The van der Waals surface area contributed by atoms with E-state index >= 15 is 0 Å². The van der Waals surface area contributed by atoms with Gasteiger partial charge in [0.2, 0.25) is 0 Å². The minimum absolute atomic E-state index is 0.0194. The van der Waals surface area contributed by atoms with Crippen LogP contribution in [0.2, 0.25) is 5.02 Å². The summed E-state index contributed by atoms with van der Waals surface area (Å²) in [6.07, 6.45) is 1.44. The summed E-state index contributed by atoms with van der Waals surface area (Å²) in [7, 11) is 0. The summed E-state index contributed by atoms with van der Waals surface area (Å²) < 4.78 is 41.5. The average molecular weight is 406 g/mol. The number of fused-ring (bicyclic) bond motifs is 1. The van der Waals surface area contributed by atoms with Crippen LogP contribution in [-0.4, -0.2) is 42.0 Å². The summed E-state index contributed by atoms with van der Waals surface area (Å²) >= 11 is 5.98. The van der Waals surface area contributed by atoms with Crippen molar-refractivity contribution in [3.05, 3.63) is 70.6 Å². The minimum Gasteiger partial charge on any atom is -0.367 e. The van der Waals surface area contributed by atoms with Gasteiger partial charge in [-0.3, -0.25) is 9.78 Å². The number of pyridine rings is 1. The van der Waals surface area contributed by atoms with Gasteiger partial charge in [-0.2, -0.15) is 0 Å². The molecule has 0 unspecified atom stereocenters. The number of amides is 1. The molecule has 0 bridgehead atoms. The van der Waals surface area contributed by atoms with E-state index in [0.29, 0.717) is 31.9 Å². The maximum atomic E-state index is 14.3. The number of carbonyl (C=O) groups excluding carboxylic acids is 1. The molecule has 1 amide bonds. The predicted molar refractivity (Wildman–Crippen MR) is 101 cm³/mol. The Labute approximate surface area is 164 Å². The standard InChI is InChI=1S/C20H15ClF3N3O/c21-14-11-12(22)1-2-13(14)20(28)27-9-7-26(8-10-27)17-5-6-25-19-16(24)4-3-15(23)18(17)19/h1-6,11H,7-10H2. The third kappa shape index (κ3) is 3.26. The fourth-order valence-corrected chi connectivity index (χ4v) is 3.67. The summed E-state index contributed by atoms with van der Waals surface area (Å²) in [6.45, 7) is 1.60. The Balaban J connectivity index is 1.56. The van der Waals surface area contributed by atoms with E-state index in [1.54, 1.807) is 11.0 Å². The Morgan fingerprint density at radius 1 is 0.964 bits per heavy atom. The first kappa shape index (κ1) is 18.6. The molecule has 2 aromatic carbocycles. The van der Waals surface area contributed by atoms with Crippen molar-refractivity contribution < 1.29 is 18.0 Å². The molecule has 4 nitrogen and oxygen atoms in total. The third-order valence-electron chi connectivity index (χ3n) is 4.84. The predicted octanol–water partition coefficient (Wildman–Crippen LogP) is 4.27. The van der Waals surface area contributed by atoms with E-state index in [0.717, 1.165) is 18.2 Å². The topological polar surface area (TPSA) is 36.4 Å². The van der Waals surface area contributed by atoms with Crippen molar-refractivity contribution in [2.45, 2.75) is 0 Å². The number of rotatable bonds is 2. The van der Waals surface area contributed by atoms with E-state index in [4.69, 9.17) is 11.6 Å². The van der Waals surface area contributed by atoms with Gasteiger partial charge in [-0.05, 0) is 36.4 Å². The van der Waals surface area contributed by atoms with Crippen molar-refractivity contribution in [3.8, 4) is 0 Å². The molecule has 0 aliphatic carbocycles. The van der Waals surface area contributed by atoms with Gasteiger partial charge in [0, 0.05) is 32.4 Å². The van der Waals surface area contributed by atoms with Crippen LogP contribution in [0.15, 0.2) is 42.6 Å². The number of hydrogen-bond acceptors (Lipinski definition) is 3. The van der Waals surface area contributed by atoms with Crippen LogP contribution in [0.5, 0.6) is 0 Å². The quantitative estimate of drug-likeness (QED) is 0.639. The van der Waals surface area contributed by atoms with Crippen LogP contribution in [0.1, 0.15) is 10.4 Å². The number of hydrogen-bond donors (Lipinski definition) is 0. The lowest BCUT2D eigenvalue weighted by Gasteiger charge is -2.36. The first-order chi connectivity index (χ1) is 13.5. The molecular formula is C20H15ClF3N3O. The highest BCUT2D eigenvalue weighted by atomic mass is 35.5. The van der Waals surface area contributed by atoms with Crippen LogP contribution < -0.4 is 4.90 Å². The zero-order valence-corrected chi connectivity index (χ0v) is 15.4. The van der Waals surface area contributed by atoms with Gasteiger partial charge in [0.05, 0.1) is 21.7 Å². The molecule has 8 heteroatoms. The molecule has 0 N–H and O–H groups in total. The Morgan fingerprint density at radius 2 is 1.68 bits per heavy atom. The summed E-state index contributed by atoms with van der Waals surface area (Å²) in [5, 5.41) is 0.189. The maximum absolute atomic E-state index is 14.3. The van der Waals surface area contributed by atoms with Crippen molar-refractivity contribution in [2.24, 2.45) is 0 Å². The Bertz CT molecular complexity index is 1070. The normalized spacial score (nSPS) is 14.6. The lowest BCUT2D eigenvalue weighted by atomic mass is 10.1. The molecule has 1 aromatic heterocycles. The molecule has 1 aliphatic heterocycles. The van der Waals surface area contributed by atoms with Gasteiger partial charge in [0.1, 0.15) is 23.0 Å². The van der Waals surface area contributed by atoms with Crippen LogP contribution in [0.4, 0.5) is 18.9 Å². The lowest BCUT2D eigenvalue weighted by molar-refractivity contribution is 0.0747. The molecule has 0 radical (unpaired) electrons. The number of halogens is 4. The first-order valence-electron chi connectivity index (χ1n) is 8.67. The summed E-state index contributed by atoms with van der Waals surface area (Å²) in [4.78, 5) is 20.1. The average Bonchev–Trinajstić information content (AvgIpc) is 2.70. The number of piperazine rings is 1. The van der Waals surface area contributed by atoms with E-state index in [-0.39, 0.29) is 27.4 Å². The van der Waals surface area contributed by atoms with Gasteiger partial charge in [-0.1, -0.05) is 11.6 Å². The van der Waals surface area contributed by atoms with Crippen LogP contribution >= 0.6 is 11.6 Å². The summed E-state index contributed by atoms with van der Waals surface area (Å²) in [5.41, 5.74) is 0.752. The van der Waals surface area contributed by atoms with E-state index in [9.17, 15) is 18.0 Å². The van der Waals surface area contributed by atoms with E-state index in [1.165, 1.54) is 18.3 Å². The minimum atomic E-state index is -0.585. The fraction of sp³-hybridized carbons (Fsp3) is 0.200. The Hall–Kier alpha value is -2.80. The maximum Gasteiger partial charge on any atom is 0.255 e. The highest BCUT2D eigenvalue weighted by Crippen LogP contribution is 2.30. The van der Waals surface area contributed by atoms with Crippen molar-refractivity contribution in [1.29, 1.82) is 0 Å². The highest BCUT2D eigenvalue weighted by Gasteiger charge is 2.25. The fourth-order valence-electron chi connectivity index (χ4n) is 3.42. The Kier molecular flexibility index (Phi) is 4.85. The molecule has 0 saturated carbocycles. The largest absolute Gasteiger partial charge is 0.367 e. The SMILES string of the molecule is O=C(c1ccc(F)cc1Cl)N1CCN(c2ccnc3c(F)ccc(F)c23)CC1. The Morgan fingerprint density at radius 3 is 2.39 bits per heavy atom. The van der Waals surface area contributed by atoms with Crippen LogP contribution in [0.25, 0.3) is 10.9 Å².